The summed E-state index contributed by atoms with van der Waals surface area (Å²) in [7, 11) is 1.73. The van der Waals surface area contributed by atoms with E-state index in [0.717, 1.165) is 63.7 Å². The van der Waals surface area contributed by atoms with Crippen molar-refractivity contribution in [2.45, 2.75) is 19.8 Å². The summed E-state index contributed by atoms with van der Waals surface area (Å²) < 4.78 is 11.2. The van der Waals surface area contributed by atoms with Crippen molar-refractivity contribution >= 4 is 0 Å². The molecule has 4 nitrogen and oxygen atoms in total. The van der Waals surface area contributed by atoms with Crippen molar-refractivity contribution < 1.29 is 9.47 Å². The first-order valence-electron chi connectivity index (χ1n) is 7.56. The van der Waals surface area contributed by atoms with Crippen molar-refractivity contribution in [3.8, 4) is 11.5 Å². The van der Waals surface area contributed by atoms with Crippen molar-refractivity contribution in [3.05, 3.63) is 23.8 Å². The van der Waals surface area contributed by atoms with E-state index >= 15 is 0 Å². The largest absolute Gasteiger partial charge is 0.496 e. The van der Waals surface area contributed by atoms with Crippen LogP contribution >= 0.6 is 0 Å². The maximum atomic E-state index is 5.71. The molecule has 0 radical (unpaired) electrons. The Kier molecular flexibility index (Phi) is 6.15. The highest BCUT2D eigenvalue weighted by molar-refractivity contribution is 5.40. The molecule has 0 spiro atoms. The zero-order valence-corrected chi connectivity index (χ0v) is 12.7. The Bertz CT molecular complexity index is 403. The molecule has 0 aliphatic carbocycles. The molecule has 1 saturated heterocycles. The quantitative estimate of drug-likeness (QED) is 0.826. The fraction of sp³-hybridized carbons (Fsp3) is 0.625. The lowest BCUT2D eigenvalue weighted by Gasteiger charge is -2.27. The predicted molar refractivity (Wildman–Crippen MR) is 81.8 cm³/mol. The fourth-order valence-corrected chi connectivity index (χ4v) is 2.47. The van der Waals surface area contributed by atoms with Gasteiger partial charge in [0.1, 0.15) is 11.5 Å². The standard InChI is InChI=1S/C16H26N2O2/c1-3-12-20-15-4-5-16(19-2)14(13-15)6-9-18-10-7-17-8-11-18/h4-5,13,17H,3,6-12H2,1-2H3. The van der Waals surface area contributed by atoms with E-state index in [1.54, 1.807) is 7.11 Å². The second kappa shape index (κ2) is 8.12. The Morgan fingerprint density at radius 2 is 2.05 bits per heavy atom. The minimum atomic E-state index is 0.767. The third-order valence-corrected chi connectivity index (χ3v) is 3.63. The Morgan fingerprint density at radius 3 is 2.75 bits per heavy atom. The lowest BCUT2D eigenvalue weighted by Crippen LogP contribution is -2.44. The van der Waals surface area contributed by atoms with Crippen molar-refractivity contribution in [2.24, 2.45) is 0 Å². The molecule has 1 N–H and O–H groups in total. The van der Waals surface area contributed by atoms with Gasteiger partial charge in [-0.25, -0.2) is 0 Å². The van der Waals surface area contributed by atoms with E-state index in [0.29, 0.717) is 0 Å². The average Bonchev–Trinajstić information content (AvgIpc) is 2.52. The molecule has 1 aromatic carbocycles. The summed E-state index contributed by atoms with van der Waals surface area (Å²) in [5.41, 5.74) is 1.24. The van der Waals surface area contributed by atoms with Crippen molar-refractivity contribution in [2.75, 3.05) is 46.4 Å². The smallest absolute Gasteiger partial charge is 0.122 e. The van der Waals surface area contributed by atoms with E-state index in [2.05, 4.69) is 23.2 Å². The molecule has 0 atom stereocenters. The van der Waals surface area contributed by atoms with Gasteiger partial charge in [-0.2, -0.15) is 0 Å². The van der Waals surface area contributed by atoms with Crippen LogP contribution in [0.4, 0.5) is 0 Å². The molecule has 1 aliphatic heterocycles. The van der Waals surface area contributed by atoms with Gasteiger partial charge in [0.2, 0.25) is 0 Å². The number of hydrogen-bond acceptors (Lipinski definition) is 4. The molecule has 0 unspecified atom stereocenters. The molecular formula is C16H26N2O2. The van der Waals surface area contributed by atoms with E-state index in [-0.39, 0.29) is 0 Å². The van der Waals surface area contributed by atoms with E-state index in [1.165, 1.54) is 5.56 Å². The van der Waals surface area contributed by atoms with Crippen LogP contribution in [0.3, 0.4) is 0 Å². The highest BCUT2D eigenvalue weighted by atomic mass is 16.5. The van der Waals surface area contributed by atoms with Crippen molar-refractivity contribution in [1.82, 2.24) is 10.2 Å². The molecule has 112 valence electrons. The zero-order chi connectivity index (χ0) is 14.2. The second-order valence-electron chi connectivity index (χ2n) is 5.16. The molecular weight excluding hydrogens is 252 g/mol. The first kappa shape index (κ1) is 15.1. The van der Waals surface area contributed by atoms with Gasteiger partial charge in [0.25, 0.3) is 0 Å². The maximum Gasteiger partial charge on any atom is 0.122 e. The fourth-order valence-electron chi connectivity index (χ4n) is 2.47. The zero-order valence-electron chi connectivity index (χ0n) is 12.7. The van der Waals surface area contributed by atoms with E-state index in [1.807, 2.05) is 12.1 Å². The monoisotopic (exact) mass is 278 g/mol. The molecule has 4 heteroatoms. The Morgan fingerprint density at radius 1 is 1.25 bits per heavy atom. The summed E-state index contributed by atoms with van der Waals surface area (Å²) in [6, 6.07) is 6.12. The van der Waals surface area contributed by atoms with Gasteiger partial charge in [-0.3, -0.25) is 0 Å². The molecule has 0 saturated carbocycles. The third-order valence-electron chi connectivity index (χ3n) is 3.63. The number of piperazine rings is 1. The lowest BCUT2D eigenvalue weighted by molar-refractivity contribution is 0.243. The molecule has 2 rings (SSSR count). The number of nitrogens with one attached hydrogen (secondary N) is 1. The molecule has 0 amide bonds. The molecule has 1 heterocycles. The molecule has 20 heavy (non-hydrogen) atoms. The lowest BCUT2D eigenvalue weighted by atomic mass is 10.1. The van der Waals surface area contributed by atoms with Crippen LogP contribution in [0.2, 0.25) is 0 Å². The molecule has 0 bridgehead atoms. The van der Waals surface area contributed by atoms with Crippen molar-refractivity contribution in [1.29, 1.82) is 0 Å². The summed E-state index contributed by atoms with van der Waals surface area (Å²) in [4.78, 5) is 2.50. The summed E-state index contributed by atoms with van der Waals surface area (Å²) in [5, 5.41) is 3.38. The van der Waals surface area contributed by atoms with E-state index in [9.17, 15) is 0 Å². The summed E-state index contributed by atoms with van der Waals surface area (Å²) >= 11 is 0. The van der Waals surface area contributed by atoms with Crippen LogP contribution in [-0.2, 0) is 6.42 Å². The summed E-state index contributed by atoms with van der Waals surface area (Å²) in [6.07, 6.45) is 2.04. The Hall–Kier alpha value is -1.26. The van der Waals surface area contributed by atoms with Gasteiger partial charge >= 0.3 is 0 Å². The molecule has 1 fully saturated rings. The average molecular weight is 278 g/mol. The number of benzene rings is 1. The number of hydrogen-bond donors (Lipinski definition) is 1. The minimum absolute atomic E-state index is 0.767. The van der Waals surface area contributed by atoms with Gasteiger partial charge in [0.05, 0.1) is 13.7 Å². The number of rotatable bonds is 7. The van der Waals surface area contributed by atoms with Crippen molar-refractivity contribution in [3.63, 3.8) is 0 Å². The molecule has 0 aromatic heterocycles. The summed E-state index contributed by atoms with van der Waals surface area (Å²) in [5.74, 6) is 1.91. The highest BCUT2D eigenvalue weighted by Crippen LogP contribution is 2.25. The van der Waals surface area contributed by atoms with Gasteiger partial charge in [-0.05, 0) is 36.6 Å². The predicted octanol–water partition coefficient (Wildman–Crippen LogP) is 1.93. The minimum Gasteiger partial charge on any atom is -0.496 e. The number of methoxy groups -OCH3 is 1. The number of ether oxygens (including phenoxy) is 2. The van der Waals surface area contributed by atoms with Crippen LogP contribution in [0.15, 0.2) is 18.2 Å². The Labute approximate surface area is 122 Å². The maximum absolute atomic E-state index is 5.71. The van der Waals surface area contributed by atoms with Crippen LogP contribution in [0.5, 0.6) is 11.5 Å². The number of nitrogens with zero attached hydrogens (tertiary/aromatic N) is 1. The van der Waals surface area contributed by atoms with Crippen LogP contribution in [0.1, 0.15) is 18.9 Å². The highest BCUT2D eigenvalue weighted by Gasteiger charge is 2.11. The molecule has 1 aromatic rings. The van der Waals surface area contributed by atoms with Crippen LogP contribution in [-0.4, -0.2) is 51.3 Å². The van der Waals surface area contributed by atoms with Crippen LogP contribution < -0.4 is 14.8 Å². The third kappa shape index (κ3) is 4.39. The second-order valence-corrected chi connectivity index (χ2v) is 5.16. The first-order chi connectivity index (χ1) is 9.83. The van der Waals surface area contributed by atoms with Gasteiger partial charge in [0, 0.05) is 32.7 Å². The van der Waals surface area contributed by atoms with E-state index < -0.39 is 0 Å². The normalized spacial score (nSPS) is 16.1. The van der Waals surface area contributed by atoms with Crippen LogP contribution in [0, 0.1) is 0 Å². The summed E-state index contributed by atoms with van der Waals surface area (Å²) in [6.45, 7) is 8.42. The SMILES string of the molecule is CCCOc1ccc(OC)c(CCN2CCNCC2)c1. The van der Waals surface area contributed by atoms with Gasteiger partial charge in [-0.1, -0.05) is 6.92 Å². The van der Waals surface area contributed by atoms with Crippen LogP contribution in [0.25, 0.3) is 0 Å². The topological polar surface area (TPSA) is 33.7 Å². The van der Waals surface area contributed by atoms with Gasteiger partial charge < -0.3 is 19.7 Å². The Balaban J connectivity index is 1.96. The van der Waals surface area contributed by atoms with Gasteiger partial charge in [-0.15, -0.1) is 0 Å². The van der Waals surface area contributed by atoms with E-state index in [4.69, 9.17) is 9.47 Å². The first-order valence-corrected chi connectivity index (χ1v) is 7.56. The van der Waals surface area contributed by atoms with Gasteiger partial charge in [0.15, 0.2) is 0 Å². The molecule has 1 aliphatic rings.